The lowest BCUT2D eigenvalue weighted by Gasteiger charge is -2.33. The Hall–Kier alpha value is 3.15. The third-order valence-electron chi connectivity index (χ3n) is 4.52. The van der Waals surface area contributed by atoms with E-state index >= 15 is 0 Å². The van der Waals surface area contributed by atoms with Crippen LogP contribution in [0.1, 0.15) is 40.0 Å². The molecule has 9 heteroatoms. The lowest BCUT2D eigenvalue weighted by atomic mass is 10.5. The molecule has 156 valence electrons. The van der Waals surface area contributed by atoms with Crippen LogP contribution in [0.2, 0.25) is 0 Å². The SMILES string of the molecule is CCCSC1SC1C1SC(C2SC2SCCC)SC(C2SC2SCCC)S1. The second-order valence-corrected chi connectivity index (χ2v) is 20.4. The predicted molar refractivity (Wildman–Crippen MR) is 148 cm³/mol. The van der Waals surface area contributed by atoms with Crippen LogP contribution in [0.15, 0.2) is 0 Å². The fourth-order valence-electron chi connectivity index (χ4n) is 2.97. The van der Waals surface area contributed by atoms with Crippen LogP contribution in [-0.4, -0.2) is 60.5 Å². The molecule has 0 saturated carbocycles. The van der Waals surface area contributed by atoms with Crippen molar-refractivity contribution in [2.24, 2.45) is 0 Å². The highest BCUT2D eigenvalue weighted by Gasteiger charge is 2.57. The molecule has 0 aliphatic carbocycles. The van der Waals surface area contributed by atoms with Crippen molar-refractivity contribution < 1.29 is 0 Å². The molecule has 0 N–H and O–H groups in total. The molecule has 4 heterocycles. The predicted octanol–water partition coefficient (Wildman–Crippen LogP) is 7.93. The van der Waals surface area contributed by atoms with Gasteiger partial charge >= 0.3 is 0 Å². The highest BCUT2D eigenvalue weighted by molar-refractivity contribution is 8.37. The van der Waals surface area contributed by atoms with Crippen molar-refractivity contribution in [3.8, 4) is 0 Å². The van der Waals surface area contributed by atoms with Gasteiger partial charge in [0.15, 0.2) is 0 Å². The van der Waals surface area contributed by atoms with Crippen LogP contribution >= 0.6 is 106 Å². The van der Waals surface area contributed by atoms with Crippen LogP contribution in [0.5, 0.6) is 0 Å². The quantitative estimate of drug-likeness (QED) is 0.227. The van der Waals surface area contributed by atoms with Crippen molar-refractivity contribution in [2.45, 2.75) is 83.3 Å². The summed E-state index contributed by atoms with van der Waals surface area (Å²) >= 11 is 20.6. The fourth-order valence-corrected chi connectivity index (χ4v) is 20.3. The van der Waals surface area contributed by atoms with Gasteiger partial charge in [0.1, 0.15) is 0 Å². The Balaban J connectivity index is 1.32. The second kappa shape index (κ2) is 11.3. The molecular weight excluding hydrogens is 505 g/mol. The fraction of sp³-hybridized carbons (Fsp3) is 1.00. The Morgan fingerprint density at radius 2 is 0.778 bits per heavy atom. The van der Waals surface area contributed by atoms with Gasteiger partial charge in [0.25, 0.3) is 0 Å². The monoisotopic (exact) mass is 534 g/mol. The maximum absolute atomic E-state index is 2.36. The standard InChI is InChI=1S/C18H30S9/c1-4-7-19-13-10(22-13)16-25-17(11-14(23-11)20-8-5-2)27-18(26-16)12-15(24-12)21-9-6-3/h10-18H,4-9H2,1-3H3. The number of thioether (sulfide) groups is 9. The van der Waals surface area contributed by atoms with Crippen LogP contribution in [0, 0.1) is 0 Å². The molecule has 0 bridgehead atoms. The molecule has 27 heavy (non-hydrogen) atoms. The normalized spacial score (nSPS) is 45.7. The van der Waals surface area contributed by atoms with E-state index < -0.39 is 0 Å². The third kappa shape index (κ3) is 6.58. The summed E-state index contributed by atoms with van der Waals surface area (Å²) in [6.45, 7) is 6.95. The van der Waals surface area contributed by atoms with Crippen LogP contribution in [0.3, 0.4) is 0 Å². The lowest BCUT2D eigenvalue weighted by Crippen LogP contribution is -2.28. The molecule has 4 fully saturated rings. The van der Waals surface area contributed by atoms with Gasteiger partial charge in [0.2, 0.25) is 0 Å². The van der Waals surface area contributed by atoms with Crippen LogP contribution in [0.4, 0.5) is 0 Å². The molecule has 4 saturated heterocycles. The van der Waals surface area contributed by atoms with E-state index in [0.717, 1.165) is 43.2 Å². The lowest BCUT2D eigenvalue weighted by molar-refractivity contribution is 1.06. The summed E-state index contributed by atoms with van der Waals surface area (Å²) in [5, 5.41) is 2.75. The average molecular weight is 535 g/mol. The van der Waals surface area contributed by atoms with Gasteiger partial charge in [0, 0.05) is 15.7 Å². The molecule has 6 unspecified atom stereocenters. The maximum atomic E-state index is 2.36. The second-order valence-electron chi connectivity index (χ2n) is 7.03. The highest BCUT2D eigenvalue weighted by Crippen LogP contribution is 2.69. The molecule has 4 rings (SSSR count). The van der Waals surface area contributed by atoms with E-state index in [-0.39, 0.29) is 0 Å². The van der Waals surface area contributed by atoms with E-state index in [0.29, 0.717) is 0 Å². The molecule has 6 atom stereocenters. The van der Waals surface area contributed by atoms with Crippen LogP contribution in [-0.2, 0) is 0 Å². The smallest absolute Gasteiger partial charge is 0.0663 e. The van der Waals surface area contributed by atoms with Gasteiger partial charge in [0.05, 0.1) is 27.5 Å². The van der Waals surface area contributed by atoms with Crippen molar-refractivity contribution in [3.63, 3.8) is 0 Å². The van der Waals surface area contributed by atoms with Gasteiger partial charge in [-0.25, -0.2) is 0 Å². The van der Waals surface area contributed by atoms with E-state index in [1.54, 1.807) is 0 Å². The molecule has 0 amide bonds. The zero-order chi connectivity index (χ0) is 18.8. The molecule has 0 spiro atoms. The van der Waals surface area contributed by atoms with E-state index in [9.17, 15) is 0 Å². The summed E-state index contributed by atoms with van der Waals surface area (Å²) in [7, 11) is 0. The van der Waals surface area contributed by atoms with Crippen LogP contribution in [0.25, 0.3) is 0 Å². The van der Waals surface area contributed by atoms with Gasteiger partial charge in [-0.2, -0.15) is 0 Å². The Morgan fingerprint density at radius 1 is 0.481 bits per heavy atom. The number of hydrogen-bond acceptors (Lipinski definition) is 9. The highest BCUT2D eigenvalue weighted by atomic mass is 32.3. The van der Waals surface area contributed by atoms with Gasteiger partial charge in [-0.15, -0.1) is 106 Å². The Labute approximate surface area is 204 Å². The molecule has 0 radical (unpaired) electrons. The first-order valence-electron chi connectivity index (χ1n) is 10.0. The molecule has 4 aliphatic heterocycles. The summed E-state index contributed by atoms with van der Waals surface area (Å²) in [5.41, 5.74) is 0. The number of rotatable bonds is 12. The minimum absolute atomic E-state index is 0.844. The molecule has 0 aromatic rings. The largest absolute Gasteiger partial charge is 0.146 e. The Bertz CT molecular complexity index is 405. The van der Waals surface area contributed by atoms with Crippen molar-refractivity contribution >= 4 is 106 Å². The average Bonchev–Trinajstić information content (AvgIpc) is 3.56. The van der Waals surface area contributed by atoms with Crippen molar-refractivity contribution in [1.82, 2.24) is 0 Å². The summed E-state index contributed by atoms with van der Waals surface area (Å²) in [4.78, 5) is 0. The zero-order valence-electron chi connectivity index (χ0n) is 16.1. The van der Waals surface area contributed by atoms with Gasteiger partial charge in [-0.3, -0.25) is 0 Å². The molecule has 0 nitrogen and oxygen atoms in total. The summed E-state index contributed by atoms with van der Waals surface area (Å²) < 4.78 is 5.22. The molecule has 0 aromatic carbocycles. The first-order valence-corrected chi connectivity index (χ1v) is 18.8. The van der Waals surface area contributed by atoms with Crippen LogP contribution < -0.4 is 0 Å². The van der Waals surface area contributed by atoms with Crippen molar-refractivity contribution in [1.29, 1.82) is 0 Å². The number of hydrogen-bond donors (Lipinski definition) is 0. The third-order valence-corrected chi connectivity index (χ3v) is 20.8. The van der Waals surface area contributed by atoms with Gasteiger partial charge in [-0.05, 0) is 36.5 Å². The molecular formula is C18H30S9. The molecule has 4 aliphatic rings. The van der Waals surface area contributed by atoms with Gasteiger partial charge < -0.3 is 0 Å². The Morgan fingerprint density at radius 3 is 1.04 bits per heavy atom. The Kier molecular flexibility index (Phi) is 9.78. The summed E-state index contributed by atoms with van der Waals surface area (Å²) in [6.07, 6.45) is 3.97. The van der Waals surface area contributed by atoms with Crippen molar-refractivity contribution in [3.05, 3.63) is 0 Å². The maximum Gasteiger partial charge on any atom is 0.0663 e. The topological polar surface area (TPSA) is 0 Å². The minimum atomic E-state index is 0.844. The first kappa shape index (κ1) is 23.3. The van der Waals surface area contributed by atoms with E-state index in [4.69, 9.17) is 0 Å². The summed E-state index contributed by atoms with van der Waals surface area (Å²) in [5.74, 6) is 4.04. The van der Waals surface area contributed by atoms with Crippen molar-refractivity contribution in [2.75, 3.05) is 17.3 Å². The minimum Gasteiger partial charge on any atom is -0.146 e. The molecule has 0 aromatic heterocycles. The zero-order valence-corrected chi connectivity index (χ0v) is 23.5. The van der Waals surface area contributed by atoms with E-state index in [2.05, 4.69) is 127 Å². The van der Waals surface area contributed by atoms with Gasteiger partial charge in [-0.1, -0.05) is 20.8 Å². The van der Waals surface area contributed by atoms with E-state index in [1.165, 1.54) is 36.5 Å². The van der Waals surface area contributed by atoms with E-state index in [1.807, 2.05) is 0 Å². The first-order chi connectivity index (χ1) is 13.2. The summed E-state index contributed by atoms with van der Waals surface area (Å²) in [6, 6.07) is 0.